The van der Waals surface area contributed by atoms with E-state index < -0.39 is 5.91 Å². The number of rotatable bonds is 4. The SMILES string of the molecule is O=C(N/N=c1\scc(-c2ccc(O)cc2)n1-c1ccc(Cl)cc1Cl)c1ccc(O)cc1. The van der Waals surface area contributed by atoms with E-state index in [1.807, 2.05) is 5.38 Å². The zero-order valence-electron chi connectivity index (χ0n) is 15.8. The van der Waals surface area contributed by atoms with Gasteiger partial charge in [-0.1, -0.05) is 23.2 Å². The highest BCUT2D eigenvalue weighted by Crippen LogP contribution is 2.30. The molecule has 0 saturated carbocycles. The standard InChI is InChI=1S/C22H15Cl2N3O3S/c23-15-5-10-19(18(24)11-15)27-20(13-1-6-16(28)7-2-13)12-31-22(27)26-25-21(30)14-3-8-17(29)9-4-14/h1-12,28-29H,(H,25,30)/b26-22-. The van der Waals surface area contributed by atoms with Gasteiger partial charge in [-0.15, -0.1) is 16.4 Å². The minimum atomic E-state index is -0.423. The lowest BCUT2D eigenvalue weighted by molar-refractivity contribution is 0.0953. The number of phenolic OH excluding ortho intramolecular Hbond substituents is 2. The van der Waals surface area contributed by atoms with Crippen molar-refractivity contribution < 1.29 is 15.0 Å². The molecular weight excluding hydrogens is 457 g/mol. The summed E-state index contributed by atoms with van der Waals surface area (Å²) in [6.07, 6.45) is 0. The van der Waals surface area contributed by atoms with E-state index in [9.17, 15) is 15.0 Å². The summed E-state index contributed by atoms with van der Waals surface area (Å²) in [4.78, 5) is 12.9. The number of carbonyl (C=O) groups excluding carboxylic acids is 1. The Balaban J connectivity index is 1.80. The molecule has 1 aromatic heterocycles. The van der Waals surface area contributed by atoms with Crippen LogP contribution in [0.25, 0.3) is 16.9 Å². The number of nitrogens with zero attached hydrogens (tertiary/aromatic N) is 2. The third-order valence-corrected chi connectivity index (χ3v) is 5.77. The lowest BCUT2D eigenvalue weighted by Crippen LogP contribution is -2.24. The van der Waals surface area contributed by atoms with Gasteiger partial charge in [0, 0.05) is 16.0 Å². The summed E-state index contributed by atoms with van der Waals surface area (Å²) in [6.45, 7) is 0. The Morgan fingerprint density at radius 3 is 2.23 bits per heavy atom. The molecule has 3 N–H and O–H groups in total. The Bertz CT molecular complexity index is 1310. The van der Waals surface area contributed by atoms with Crippen LogP contribution in [0.1, 0.15) is 10.4 Å². The molecule has 9 heteroatoms. The van der Waals surface area contributed by atoms with Gasteiger partial charge in [-0.25, -0.2) is 5.43 Å². The monoisotopic (exact) mass is 471 g/mol. The van der Waals surface area contributed by atoms with Crippen LogP contribution in [0.3, 0.4) is 0 Å². The highest BCUT2D eigenvalue weighted by molar-refractivity contribution is 7.07. The highest BCUT2D eigenvalue weighted by atomic mass is 35.5. The molecule has 0 radical (unpaired) electrons. The number of aromatic nitrogens is 1. The van der Waals surface area contributed by atoms with Crippen molar-refractivity contribution in [3.63, 3.8) is 0 Å². The molecule has 4 rings (SSSR count). The second kappa shape index (κ2) is 8.85. The topological polar surface area (TPSA) is 86.9 Å². The molecule has 0 atom stereocenters. The maximum absolute atomic E-state index is 12.4. The maximum Gasteiger partial charge on any atom is 0.271 e. The number of halogens is 2. The molecule has 0 aliphatic heterocycles. The van der Waals surface area contributed by atoms with Gasteiger partial charge in [-0.05, 0) is 72.3 Å². The van der Waals surface area contributed by atoms with Crippen molar-refractivity contribution in [1.29, 1.82) is 0 Å². The van der Waals surface area contributed by atoms with Gasteiger partial charge in [0.2, 0.25) is 4.80 Å². The maximum atomic E-state index is 12.4. The summed E-state index contributed by atoms with van der Waals surface area (Å²) in [5, 5.41) is 26.1. The van der Waals surface area contributed by atoms with Gasteiger partial charge in [0.15, 0.2) is 0 Å². The highest BCUT2D eigenvalue weighted by Gasteiger charge is 2.14. The van der Waals surface area contributed by atoms with E-state index >= 15 is 0 Å². The molecule has 31 heavy (non-hydrogen) atoms. The van der Waals surface area contributed by atoms with Crippen LogP contribution in [0.15, 0.2) is 77.2 Å². The summed E-state index contributed by atoms with van der Waals surface area (Å²) >= 11 is 13.8. The number of nitrogens with one attached hydrogen (secondary N) is 1. The molecule has 0 fully saturated rings. The molecular formula is C22H15Cl2N3O3S. The smallest absolute Gasteiger partial charge is 0.271 e. The molecule has 0 bridgehead atoms. The van der Waals surface area contributed by atoms with Crippen LogP contribution in [-0.4, -0.2) is 20.7 Å². The van der Waals surface area contributed by atoms with Crippen molar-refractivity contribution in [3.8, 4) is 28.4 Å². The molecule has 0 aliphatic rings. The van der Waals surface area contributed by atoms with Crippen molar-refractivity contribution >= 4 is 40.4 Å². The number of carbonyl (C=O) groups is 1. The molecule has 6 nitrogen and oxygen atoms in total. The predicted molar refractivity (Wildman–Crippen MR) is 122 cm³/mol. The van der Waals surface area contributed by atoms with Crippen molar-refractivity contribution in [2.45, 2.75) is 0 Å². The summed E-state index contributed by atoms with van der Waals surface area (Å²) < 4.78 is 1.80. The van der Waals surface area contributed by atoms with Crippen molar-refractivity contribution in [2.75, 3.05) is 0 Å². The van der Waals surface area contributed by atoms with Crippen LogP contribution >= 0.6 is 34.5 Å². The normalized spacial score (nSPS) is 11.5. The van der Waals surface area contributed by atoms with E-state index in [-0.39, 0.29) is 11.5 Å². The van der Waals surface area contributed by atoms with Gasteiger partial charge in [0.1, 0.15) is 11.5 Å². The fraction of sp³-hybridized carbons (Fsp3) is 0. The van der Waals surface area contributed by atoms with Crippen LogP contribution in [-0.2, 0) is 0 Å². The van der Waals surface area contributed by atoms with Crippen molar-refractivity contribution in [1.82, 2.24) is 9.99 Å². The number of aromatic hydroxyl groups is 2. The molecule has 4 aromatic rings. The Kier molecular flexibility index (Phi) is 5.99. The average molecular weight is 472 g/mol. The summed E-state index contributed by atoms with van der Waals surface area (Å²) in [6, 6.07) is 17.7. The number of benzene rings is 3. The minimum Gasteiger partial charge on any atom is -0.508 e. The van der Waals surface area contributed by atoms with Gasteiger partial charge >= 0.3 is 0 Å². The first-order valence-electron chi connectivity index (χ1n) is 9.01. The van der Waals surface area contributed by atoms with E-state index in [1.165, 1.54) is 35.6 Å². The Morgan fingerprint density at radius 1 is 0.935 bits per heavy atom. The van der Waals surface area contributed by atoms with Gasteiger partial charge in [0.05, 0.1) is 16.4 Å². The first-order valence-corrected chi connectivity index (χ1v) is 10.6. The van der Waals surface area contributed by atoms with E-state index in [4.69, 9.17) is 23.2 Å². The Morgan fingerprint density at radius 2 is 1.58 bits per heavy atom. The molecule has 0 spiro atoms. The molecule has 1 heterocycles. The zero-order chi connectivity index (χ0) is 22.0. The van der Waals surface area contributed by atoms with Crippen LogP contribution in [0.5, 0.6) is 11.5 Å². The average Bonchev–Trinajstić information content (AvgIpc) is 3.16. The molecule has 1 amide bonds. The van der Waals surface area contributed by atoms with Crippen LogP contribution in [0.4, 0.5) is 0 Å². The second-order valence-corrected chi connectivity index (χ2v) is 8.16. The zero-order valence-corrected chi connectivity index (χ0v) is 18.1. The number of hydrogen-bond acceptors (Lipinski definition) is 5. The lowest BCUT2D eigenvalue weighted by Gasteiger charge is -2.11. The van der Waals surface area contributed by atoms with Crippen LogP contribution in [0, 0.1) is 0 Å². The quantitative estimate of drug-likeness (QED) is 0.358. The summed E-state index contributed by atoms with van der Waals surface area (Å²) in [5.41, 5.74) is 5.12. The van der Waals surface area contributed by atoms with E-state index in [0.717, 1.165) is 11.3 Å². The Hall–Kier alpha value is -3.26. The number of thiazole rings is 1. The summed E-state index contributed by atoms with van der Waals surface area (Å²) in [7, 11) is 0. The van der Waals surface area contributed by atoms with E-state index in [2.05, 4.69) is 10.5 Å². The lowest BCUT2D eigenvalue weighted by atomic mass is 10.1. The third-order valence-electron chi connectivity index (χ3n) is 4.40. The molecule has 0 saturated heterocycles. The van der Waals surface area contributed by atoms with Crippen LogP contribution in [0.2, 0.25) is 10.0 Å². The minimum absolute atomic E-state index is 0.0699. The number of hydrogen-bond donors (Lipinski definition) is 3. The molecule has 0 unspecified atom stereocenters. The number of phenols is 2. The first-order chi connectivity index (χ1) is 14.9. The predicted octanol–water partition coefficient (Wildman–Crippen LogP) is 5.17. The second-order valence-electron chi connectivity index (χ2n) is 6.48. The fourth-order valence-electron chi connectivity index (χ4n) is 2.89. The van der Waals surface area contributed by atoms with Crippen molar-refractivity contribution in [2.24, 2.45) is 5.10 Å². The largest absolute Gasteiger partial charge is 0.508 e. The van der Waals surface area contributed by atoms with E-state index in [1.54, 1.807) is 47.0 Å². The Labute approximate surface area is 191 Å². The molecule has 3 aromatic carbocycles. The molecule has 156 valence electrons. The van der Waals surface area contributed by atoms with E-state index in [0.29, 0.717) is 26.1 Å². The third kappa shape index (κ3) is 4.59. The van der Waals surface area contributed by atoms with Crippen LogP contribution < -0.4 is 10.2 Å². The first kappa shape index (κ1) is 21.0. The van der Waals surface area contributed by atoms with Gasteiger partial charge < -0.3 is 10.2 Å². The van der Waals surface area contributed by atoms with Crippen molar-refractivity contribution in [3.05, 3.63) is 92.5 Å². The van der Waals surface area contributed by atoms with Gasteiger partial charge in [0.25, 0.3) is 5.91 Å². The van der Waals surface area contributed by atoms with Gasteiger partial charge in [-0.3, -0.25) is 9.36 Å². The fourth-order valence-corrected chi connectivity index (χ4v) is 4.25. The molecule has 0 aliphatic carbocycles. The number of amides is 1. The summed E-state index contributed by atoms with van der Waals surface area (Å²) in [5.74, 6) is -0.199. The van der Waals surface area contributed by atoms with Gasteiger partial charge in [-0.2, -0.15) is 0 Å².